The number of carboxylic acids is 3. The fourth-order valence-corrected chi connectivity index (χ4v) is 1.85. The third kappa shape index (κ3) is 7.61. The highest BCUT2D eigenvalue weighted by Crippen LogP contribution is 2.31. The molecule has 1 aliphatic carbocycles. The molecule has 0 aromatic rings. The summed E-state index contributed by atoms with van der Waals surface area (Å²) in [6, 6.07) is 0. The van der Waals surface area contributed by atoms with E-state index in [0.717, 1.165) is 12.8 Å². The lowest BCUT2D eigenvalue weighted by atomic mass is 9.80. The van der Waals surface area contributed by atoms with Crippen LogP contribution in [-0.4, -0.2) is 33.2 Å². The molecule has 6 heteroatoms. The molecule has 22 heavy (non-hydrogen) atoms. The summed E-state index contributed by atoms with van der Waals surface area (Å²) in [6.07, 6.45) is 6.58. The Balaban J connectivity index is 0.000000433. The number of carbonyl (C=O) groups is 3. The van der Waals surface area contributed by atoms with Gasteiger partial charge in [0.25, 0.3) is 0 Å². The molecule has 124 valence electrons. The molecule has 0 saturated carbocycles. The summed E-state index contributed by atoms with van der Waals surface area (Å²) in [5, 5.41) is 25.7. The quantitative estimate of drug-likeness (QED) is 0.695. The zero-order valence-electron chi connectivity index (χ0n) is 13.2. The van der Waals surface area contributed by atoms with Crippen molar-refractivity contribution in [2.45, 2.75) is 46.5 Å². The third-order valence-corrected chi connectivity index (χ3v) is 3.25. The highest BCUT2D eigenvalue weighted by atomic mass is 16.4. The van der Waals surface area contributed by atoms with Gasteiger partial charge in [0.1, 0.15) is 0 Å². The van der Waals surface area contributed by atoms with E-state index in [1.807, 2.05) is 0 Å². The molecule has 0 aromatic carbocycles. The van der Waals surface area contributed by atoms with Crippen molar-refractivity contribution >= 4 is 17.9 Å². The molecule has 1 unspecified atom stereocenters. The van der Waals surface area contributed by atoms with Crippen LogP contribution >= 0.6 is 0 Å². The minimum absolute atomic E-state index is 0.0359. The Kier molecular flexibility index (Phi) is 8.15. The fraction of sp³-hybridized carbons (Fsp3) is 0.562. The Bertz CT molecular complexity index is 475. The first-order chi connectivity index (χ1) is 10.1. The molecule has 0 bridgehead atoms. The van der Waals surface area contributed by atoms with Gasteiger partial charge in [0.15, 0.2) is 0 Å². The van der Waals surface area contributed by atoms with Crippen LogP contribution in [0.4, 0.5) is 0 Å². The van der Waals surface area contributed by atoms with Crippen LogP contribution in [0, 0.1) is 11.3 Å². The second kappa shape index (κ2) is 9.02. The molecule has 3 N–H and O–H groups in total. The predicted molar refractivity (Wildman–Crippen MR) is 81.5 cm³/mol. The van der Waals surface area contributed by atoms with Gasteiger partial charge in [-0.15, -0.1) is 0 Å². The van der Waals surface area contributed by atoms with E-state index in [0.29, 0.717) is 12.3 Å². The fourth-order valence-electron chi connectivity index (χ4n) is 1.85. The molecule has 0 fully saturated rings. The molecule has 0 saturated heterocycles. The number of allylic oxidation sites excluding steroid dienone is 2. The van der Waals surface area contributed by atoms with Crippen molar-refractivity contribution in [3.8, 4) is 0 Å². The lowest BCUT2D eigenvalue weighted by molar-refractivity contribution is -0.145. The molecule has 1 aliphatic rings. The van der Waals surface area contributed by atoms with Crippen LogP contribution < -0.4 is 0 Å². The summed E-state index contributed by atoms with van der Waals surface area (Å²) in [4.78, 5) is 31.3. The highest BCUT2D eigenvalue weighted by Gasteiger charge is 2.34. The number of hydrogen-bond acceptors (Lipinski definition) is 3. The summed E-state index contributed by atoms with van der Waals surface area (Å²) >= 11 is 0. The maximum atomic E-state index is 10.8. The molecular formula is C16H24O6. The summed E-state index contributed by atoms with van der Waals surface area (Å²) in [7, 11) is 0. The van der Waals surface area contributed by atoms with E-state index in [2.05, 4.69) is 13.8 Å². The molecule has 0 radical (unpaired) electrons. The van der Waals surface area contributed by atoms with Crippen LogP contribution in [0.5, 0.6) is 0 Å². The Morgan fingerprint density at radius 2 is 1.82 bits per heavy atom. The summed E-state index contributed by atoms with van der Waals surface area (Å²) in [5.41, 5.74) is -0.949. The number of rotatable bonds is 6. The zero-order valence-corrected chi connectivity index (χ0v) is 13.2. The van der Waals surface area contributed by atoms with Gasteiger partial charge in [0, 0.05) is 12.0 Å². The van der Waals surface area contributed by atoms with Gasteiger partial charge in [0.2, 0.25) is 0 Å². The van der Waals surface area contributed by atoms with Gasteiger partial charge in [-0.2, -0.15) is 0 Å². The van der Waals surface area contributed by atoms with Crippen LogP contribution in [-0.2, 0) is 14.4 Å². The Labute approximate surface area is 130 Å². The van der Waals surface area contributed by atoms with Crippen LogP contribution in [0.3, 0.4) is 0 Å². The van der Waals surface area contributed by atoms with Crippen LogP contribution in [0.15, 0.2) is 23.8 Å². The molecule has 0 aromatic heterocycles. The zero-order chi connectivity index (χ0) is 17.3. The number of carboxylic acid groups (broad SMARTS) is 3. The number of hydrogen-bond donors (Lipinski definition) is 3. The average Bonchev–Trinajstić information content (AvgIpc) is 2.38. The third-order valence-electron chi connectivity index (χ3n) is 3.25. The summed E-state index contributed by atoms with van der Waals surface area (Å²) in [5.74, 6) is -2.12. The van der Waals surface area contributed by atoms with Crippen molar-refractivity contribution in [1.82, 2.24) is 0 Å². The first kappa shape index (κ1) is 19.9. The van der Waals surface area contributed by atoms with Gasteiger partial charge >= 0.3 is 17.9 Å². The lowest BCUT2D eigenvalue weighted by Gasteiger charge is -2.23. The van der Waals surface area contributed by atoms with E-state index in [1.165, 1.54) is 25.2 Å². The Hall–Kier alpha value is -2.11. The Morgan fingerprint density at radius 1 is 1.23 bits per heavy atom. The monoisotopic (exact) mass is 312 g/mol. The van der Waals surface area contributed by atoms with Gasteiger partial charge in [0.05, 0.1) is 5.41 Å². The van der Waals surface area contributed by atoms with E-state index < -0.39 is 23.3 Å². The Morgan fingerprint density at radius 3 is 2.23 bits per heavy atom. The minimum Gasteiger partial charge on any atom is -0.481 e. The topological polar surface area (TPSA) is 112 Å². The first-order valence-corrected chi connectivity index (χ1v) is 7.15. The van der Waals surface area contributed by atoms with Crippen LogP contribution in [0.25, 0.3) is 0 Å². The van der Waals surface area contributed by atoms with Crippen molar-refractivity contribution in [3.63, 3.8) is 0 Å². The molecule has 1 rings (SSSR count). The van der Waals surface area contributed by atoms with Gasteiger partial charge in [-0.05, 0) is 25.7 Å². The summed E-state index contributed by atoms with van der Waals surface area (Å²) in [6.45, 7) is 5.70. The van der Waals surface area contributed by atoms with E-state index in [9.17, 15) is 14.4 Å². The van der Waals surface area contributed by atoms with Crippen molar-refractivity contribution in [1.29, 1.82) is 0 Å². The minimum atomic E-state index is -1.08. The van der Waals surface area contributed by atoms with Crippen molar-refractivity contribution in [3.05, 3.63) is 23.8 Å². The van der Waals surface area contributed by atoms with E-state index in [1.54, 1.807) is 0 Å². The summed E-state index contributed by atoms with van der Waals surface area (Å²) < 4.78 is 0. The van der Waals surface area contributed by atoms with E-state index in [-0.39, 0.29) is 12.0 Å². The van der Waals surface area contributed by atoms with Crippen molar-refractivity contribution < 1.29 is 29.7 Å². The van der Waals surface area contributed by atoms with Gasteiger partial charge in [-0.1, -0.05) is 38.5 Å². The predicted octanol–water partition coefficient (Wildman–Crippen LogP) is 2.95. The lowest BCUT2D eigenvalue weighted by Crippen LogP contribution is -2.28. The second-order valence-corrected chi connectivity index (χ2v) is 5.94. The molecular weight excluding hydrogens is 288 g/mol. The largest absolute Gasteiger partial charge is 0.481 e. The molecule has 0 spiro atoms. The maximum absolute atomic E-state index is 10.8. The standard InChI is InChI=1S/C9H10O4.C7H14O2/c1-9(8(12)13)4-2-3-6(5-9)7(10)11;1-6(2)4-3-5-7(8)9/h2-4H,5H2,1H3,(H,10,11)(H,12,13);6H,3-5H2,1-2H3,(H,8,9). The number of aliphatic carboxylic acids is 3. The van der Waals surface area contributed by atoms with Crippen LogP contribution in [0.2, 0.25) is 0 Å². The SMILES string of the molecule is CC(C)CCCC(=O)O.CC1(C(=O)O)C=CC=C(C(=O)O)C1. The van der Waals surface area contributed by atoms with Crippen LogP contribution in [0.1, 0.15) is 46.5 Å². The maximum Gasteiger partial charge on any atom is 0.331 e. The molecule has 6 nitrogen and oxygen atoms in total. The van der Waals surface area contributed by atoms with Crippen molar-refractivity contribution in [2.24, 2.45) is 11.3 Å². The highest BCUT2D eigenvalue weighted by molar-refractivity contribution is 5.90. The molecule has 1 atom stereocenters. The molecule has 0 heterocycles. The smallest absolute Gasteiger partial charge is 0.331 e. The molecule has 0 amide bonds. The van der Waals surface area contributed by atoms with Gasteiger partial charge in [-0.25, -0.2) is 4.79 Å². The van der Waals surface area contributed by atoms with E-state index in [4.69, 9.17) is 15.3 Å². The van der Waals surface area contributed by atoms with Crippen molar-refractivity contribution in [2.75, 3.05) is 0 Å². The molecule has 0 aliphatic heterocycles. The first-order valence-electron chi connectivity index (χ1n) is 7.15. The van der Waals surface area contributed by atoms with E-state index >= 15 is 0 Å². The van der Waals surface area contributed by atoms with Gasteiger partial charge < -0.3 is 15.3 Å². The average molecular weight is 312 g/mol. The normalized spacial score (nSPS) is 19.9. The second-order valence-electron chi connectivity index (χ2n) is 5.94. The van der Waals surface area contributed by atoms with Gasteiger partial charge in [-0.3, -0.25) is 9.59 Å².